The van der Waals surface area contributed by atoms with E-state index in [1.807, 2.05) is 48.8 Å². The zero-order chi connectivity index (χ0) is 21.8. The van der Waals surface area contributed by atoms with Crippen LogP contribution in [0.4, 0.5) is 16.5 Å². The molecule has 0 spiro atoms. The van der Waals surface area contributed by atoms with Gasteiger partial charge in [-0.3, -0.25) is 9.78 Å². The number of thiazole rings is 1. The molecule has 3 aromatic rings. The lowest BCUT2D eigenvalue weighted by molar-refractivity contribution is -0.120. The van der Waals surface area contributed by atoms with Gasteiger partial charge >= 0.3 is 0 Å². The average molecular weight is 433 g/mol. The van der Waals surface area contributed by atoms with E-state index in [2.05, 4.69) is 34.1 Å². The van der Waals surface area contributed by atoms with Gasteiger partial charge < -0.3 is 10.6 Å². The molecule has 2 heterocycles. The standard InChI is InChI=1S/C25H28N4OS/c1-16(2)18-7-9-19(10-8-18)24(30)27-21-11-6-17(3)22(13-21)28-25-29-23(15-31-25)20-5-4-12-26-14-20/h4-6,11-15,18-19H,1,7-10H2,2-3H3,(H,27,30)(H,28,29). The summed E-state index contributed by atoms with van der Waals surface area (Å²) in [5.74, 6) is 0.756. The summed E-state index contributed by atoms with van der Waals surface area (Å²) in [5.41, 5.74) is 5.97. The van der Waals surface area contributed by atoms with Crippen molar-refractivity contribution in [1.82, 2.24) is 9.97 Å². The smallest absolute Gasteiger partial charge is 0.227 e. The molecular formula is C25H28N4OS. The topological polar surface area (TPSA) is 66.9 Å². The largest absolute Gasteiger partial charge is 0.331 e. The Bertz CT molecular complexity index is 1070. The van der Waals surface area contributed by atoms with Crippen molar-refractivity contribution in [3.05, 3.63) is 65.8 Å². The first kappa shape index (κ1) is 21.2. The fraction of sp³-hybridized carbons (Fsp3) is 0.320. The van der Waals surface area contributed by atoms with Gasteiger partial charge in [0.05, 0.1) is 5.69 Å². The SMILES string of the molecule is C=C(C)C1CCC(C(=O)Nc2ccc(C)c(Nc3nc(-c4cccnc4)cs3)c2)CC1. The Morgan fingerprint density at radius 2 is 1.94 bits per heavy atom. The maximum atomic E-state index is 12.8. The summed E-state index contributed by atoms with van der Waals surface area (Å²) in [4.78, 5) is 21.6. The zero-order valence-electron chi connectivity index (χ0n) is 18.0. The van der Waals surface area contributed by atoms with Crippen LogP contribution in [0.3, 0.4) is 0 Å². The van der Waals surface area contributed by atoms with Crippen molar-refractivity contribution in [3.8, 4) is 11.3 Å². The van der Waals surface area contributed by atoms with Crippen molar-refractivity contribution >= 4 is 33.8 Å². The highest BCUT2D eigenvalue weighted by molar-refractivity contribution is 7.14. The summed E-state index contributed by atoms with van der Waals surface area (Å²) in [6, 6.07) is 9.87. The molecule has 0 atom stereocenters. The highest BCUT2D eigenvalue weighted by Crippen LogP contribution is 2.34. The molecule has 4 rings (SSSR count). The Balaban J connectivity index is 1.41. The van der Waals surface area contributed by atoms with Gasteiger partial charge in [0, 0.05) is 40.6 Å². The maximum absolute atomic E-state index is 12.8. The van der Waals surface area contributed by atoms with Crippen LogP contribution in [0.15, 0.2) is 60.3 Å². The van der Waals surface area contributed by atoms with Gasteiger partial charge in [0.25, 0.3) is 0 Å². The van der Waals surface area contributed by atoms with Gasteiger partial charge in [0.1, 0.15) is 0 Å². The molecule has 1 saturated carbocycles. The van der Waals surface area contributed by atoms with Gasteiger partial charge in [-0.2, -0.15) is 0 Å². The lowest BCUT2D eigenvalue weighted by Crippen LogP contribution is -2.27. The Kier molecular flexibility index (Phi) is 6.47. The molecule has 160 valence electrons. The van der Waals surface area contributed by atoms with Gasteiger partial charge in [-0.15, -0.1) is 11.3 Å². The van der Waals surface area contributed by atoms with E-state index in [0.29, 0.717) is 5.92 Å². The first-order chi connectivity index (χ1) is 15.0. The number of nitrogens with one attached hydrogen (secondary N) is 2. The number of allylic oxidation sites excluding steroid dienone is 1. The summed E-state index contributed by atoms with van der Waals surface area (Å²) in [6.45, 7) is 8.21. The van der Waals surface area contributed by atoms with Gasteiger partial charge in [-0.1, -0.05) is 18.2 Å². The quantitative estimate of drug-likeness (QED) is 0.432. The lowest BCUT2D eigenvalue weighted by Gasteiger charge is -2.28. The monoisotopic (exact) mass is 432 g/mol. The van der Waals surface area contributed by atoms with Crippen molar-refractivity contribution in [2.45, 2.75) is 39.5 Å². The number of rotatable bonds is 6. The average Bonchev–Trinajstić information content (AvgIpc) is 3.25. The third-order valence-corrected chi connectivity index (χ3v) is 6.76. The lowest BCUT2D eigenvalue weighted by atomic mass is 9.79. The summed E-state index contributed by atoms with van der Waals surface area (Å²) >= 11 is 1.55. The fourth-order valence-electron chi connectivity index (χ4n) is 4.02. The summed E-state index contributed by atoms with van der Waals surface area (Å²) < 4.78 is 0. The van der Waals surface area contributed by atoms with E-state index in [1.54, 1.807) is 17.5 Å². The van der Waals surface area contributed by atoms with Crippen molar-refractivity contribution < 1.29 is 4.79 Å². The molecule has 2 N–H and O–H groups in total. The molecule has 0 unspecified atom stereocenters. The van der Waals surface area contributed by atoms with Crippen molar-refractivity contribution in [2.75, 3.05) is 10.6 Å². The number of pyridine rings is 1. The van der Waals surface area contributed by atoms with Gasteiger partial charge in [-0.05, 0) is 75.3 Å². The van der Waals surface area contributed by atoms with Crippen LogP contribution in [0.2, 0.25) is 0 Å². The molecule has 1 aliphatic rings. The van der Waals surface area contributed by atoms with Crippen LogP contribution >= 0.6 is 11.3 Å². The Morgan fingerprint density at radius 1 is 1.16 bits per heavy atom. The Morgan fingerprint density at radius 3 is 2.65 bits per heavy atom. The highest BCUT2D eigenvalue weighted by atomic mass is 32.1. The van der Waals surface area contributed by atoms with Crippen LogP contribution in [0.25, 0.3) is 11.3 Å². The van der Waals surface area contributed by atoms with Crippen LogP contribution in [0.1, 0.15) is 38.2 Å². The van der Waals surface area contributed by atoms with E-state index in [0.717, 1.165) is 59.0 Å². The van der Waals surface area contributed by atoms with Crippen molar-refractivity contribution in [3.63, 3.8) is 0 Å². The minimum atomic E-state index is 0.0781. The van der Waals surface area contributed by atoms with E-state index in [4.69, 9.17) is 0 Å². The van der Waals surface area contributed by atoms with Crippen molar-refractivity contribution in [2.24, 2.45) is 11.8 Å². The second-order valence-electron chi connectivity index (χ2n) is 8.32. The van der Waals surface area contributed by atoms with Crippen LogP contribution in [-0.4, -0.2) is 15.9 Å². The third-order valence-electron chi connectivity index (χ3n) is 6.00. The van der Waals surface area contributed by atoms with Gasteiger partial charge in [-0.25, -0.2) is 4.98 Å². The molecular weight excluding hydrogens is 404 g/mol. The summed E-state index contributed by atoms with van der Waals surface area (Å²) in [7, 11) is 0. The number of hydrogen-bond donors (Lipinski definition) is 2. The number of amides is 1. The van der Waals surface area contributed by atoms with E-state index in [-0.39, 0.29) is 11.8 Å². The Hall–Kier alpha value is -2.99. The first-order valence-electron chi connectivity index (χ1n) is 10.7. The highest BCUT2D eigenvalue weighted by Gasteiger charge is 2.26. The molecule has 0 radical (unpaired) electrons. The van der Waals surface area contributed by atoms with E-state index in [9.17, 15) is 4.79 Å². The molecule has 0 bridgehead atoms. The third kappa shape index (κ3) is 5.20. The number of hydrogen-bond acceptors (Lipinski definition) is 5. The van der Waals surface area contributed by atoms with Crippen LogP contribution < -0.4 is 10.6 Å². The fourth-order valence-corrected chi connectivity index (χ4v) is 4.75. The van der Waals surface area contributed by atoms with E-state index < -0.39 is 0 Å². The normalized spacial score (nSPS) is 18.4. The van der Waals surface area contributed by atoms with Gasteiger partial charge in [0.2, 0.25) is 5.91 Å². The second kappa shape index (κ2) is 9.43. The predicted molar refractivity (Wildman–Crippen MR) is 129 cm³/mol. The molecule has 1 aromatic carbocycles. The summed E-state index contributed by atoms with van der Waals surface area (Å²) in [6.07, 6.45) is 7.52. The molecule has 0 saturated heterocycles. The van der Waals surface area contributed by atoms with Crippen LogP contribution in [0.5, 0.6) is 0 Å². The minimum Gasteiger partial charge on any atom is -0.331 e. The number of anilines is 3. The summed E-state index contributed by atoms with van der Waals surface area (Å²) in [5, 5.41) is 9.34. The second-order valence-corrected chi connectivity index (χ2v) is 9.18. The molecule has 6 heteroatoms. The maximum Gasteiger partial charge on any atom is 0.227 e. The first-order valence-corrected chi connectivity index (χ1v) is 11.6. The number of benzene rings is 1. The molecule has 1 aliphatic carbocycles. The van der Waals surface area contributed by atoms with Gasteiger partial charge in [0.15, 0.2) is 5.13 Å². The molecule has 1 amide bonds. The number of aryl methyl sites for hydroxylation is 1. The number of carbonyl (C=O) groups is 1. The minimum absolute atomic E-state index is 0.0781. The molecule has 2 aromatic heterocycles. The Labute approximate surface area is 187 Å². The molecule has 31 heavy (non-hydrogen) atoms. The zero-order valence-corrected chi connectivity index (χ0v) is 18.8. The van der Waals surface area contributed by atoms with E-state index in [1.165, 1.54) is 5.57 Å². The van der Waals surface area contributed by atoms with Crippen LogP contribution in [-0.2, 0) is 4.79 Å². The molecule has 5 nitrogen and oxygen atoms in total. The number of aromatic nitrogens is 2. The van der Waals surface area contributed by atoms with Crippen molar-refractivity contribution in [1.29, 1.82) is 0 Å². The van der Waals surface area contributed by atoms with E-state index >= 15 is 0 Å². The predicted octanol–water partition coefficient (Wildman–Crippen LogP) is 6.58. The number of nitrogens with zero attached hydrogens (tertiary/aromatic N) is 2. The number of carbonyl (C=O) groups excluding carboxylic acids is 1. The van der Waals surface area contributed by atoms with Crippen LogP contribution in [0, 0.1) is 18.8 Å². The molecule has 0 aliphatic heterocycles. The molecule has 1 fully saturated rings.